The summed E-state index contributed by atoms with van der Waals surface area (Å²) in [5.41, 5.74) is 11.0. The van der Waals surface area contributed by atoms with Gasteiger partial charge in [-0.2, -0.15) is 10.5 Å². The van der Waals surface area contributed by atoms with E-state index in [4.69, 9.17) is 11.0 Å². The molecule has 0 aliphatic rings. The second kappa shape index (κ2) is 11.3. The molecular weight excluding hydrogens is 482 g/mol. The number of nitriles is 2. The van der Waals surface area contributed by atoms with Crippen molar-refractivity contribution in [3.05, 3.63) is 71.2 Å². The summed E-state index contributed by atoms with van der Waals surface area (Å²) >= 11 is 3.57. The van der Waals surface area contributed by atoms with Crippen LogP contribution in [0.5, 0.6) is 0 Å². The van der Waals surface area contributed by atoms with Crippen molar-refractivity contribution < 1.29 is 0 Å². The van der Waals surface area contributed by atoms with Gasteiger partial charge in [-0.1, -0.05) is 13.8 Å². The quantitative estimate of drug-likeness (QED) is 0.231. The van der Waals surface area contributed by atoms with Crippen LogP contribution in [0.15, 0.2) is 59.8 Å². The summed E-state index contributed by atoms with van der Waals surface area (Å²) in [5.74, 6) is 0. The van der Waals surface area contributed by atoms with E-state index in [-0.39, 0.29) is 5.70 Å². The molecule has 36 heavy (non-hydrogen) atoms. The monoisotopic (exact) mass is 511 g/mol. The van der Waals surface area contributed by atoms with Crippen molar-refractivity contribution in [2.24, 2.45) is 5.73 Å². The summed E-state index contributed by atoms with van der Waals surface area (Å²) in [6.07, 6.45) is 5.71. The molecule has 7 heteroatoms. The van der Waals surface area contributed by atoms with E-state index in [0.29, 0.717) is 5.57 Å². The van der Waals surface area contributed by atoms with Gasteiger partial charge in [0, 0.05) is 39.8 Å². The first-order valence-corrected chi connectivity index (χ1v) is 13.7. The number of nitrogens with two attached hydrogens (primary N) is 1. The summed E-state index contributed by atoms with van der Waals surface area (Å²) in [6, 6.07) is 21.4. The van der Waals surface area contributed by atoms with E-state index in [2.05, 4.69) is 71.5 Å². The van der Waals surface area contributed by atoms with Crippen LogP contribution in [-0.2, 0) is 13.1 Å². The van der Waals surface area contributed by atoms with Crippen molar-refractivity contribution in [2.75, 3.05) is 0 Å². The van der Waals surface area contributed by atoms with E-state index in [1.54, 1.807) is 28.7 Å². The van der Waals surface area contributed by atoms with E-state index in [0.717, 1.165) is 43.0 Å². The highest BCUT2D eigenvalue weighted by Gasteiger charge is 2.15. The molecule has 0 saturated heterocycles. The molecule has 4 heterocycles. The number of aromatic nitrogens is 2. The molecule has 0 saturated carbocycles. The third kappa shape index (κ3) is 5.23. The highest BCUT2D eigenvalue weighted by atomic mass is 32.1. The SMILES string of the molecule is CCCn1c(/C=C(/C)C#N)ccc1-c1ccc(-c2ccc(-c3ccc(/C=C(/N)C#N)n3CCC)s2)s1. The fourth-order valence-electron chi connectivity index (χ4n) is 4.26. The average molecular weight is 512 g/mol. The molecule has 4 rings (SSSR count). The van der Waals surface area contributed by atoms with Gasteiger partial charge in [-0.15, -0.1) is 22.7 Å². The van der Waals surface area contributed by atoms with Crippen molar-refractivity contribution in [2.45, 2.75) is 46.7 Å². The third-order valence-corrected chi connectivity index (χ3v) is 8.27. The summed E-state index contributed by atoms with van der Waals surface area (Å²) in [7, 11) is 0. The zero-order valence-electron chi connectivity index (χ0n) is 20.8. The van der Waals surface area contributed by atoms with Crippen LogP contribution in [0.3, 0.4) is 0 Å². The molecule has 0 aliphatic carbocycles. The highest BCUT2D eigenvalue weighted by Crippen LogP contribution is 2.41. The molecule has 0 atom stereocenters. The molecule has 0 radical (unpaired) electrons. The Morgan fingerprint density at radius 3 is 1.67 bits per heavy atom. The average Bonchev–Trinajstić information content (AvgIpc) is 3.67. The lowest BCUT2D eigenvalue weighted by molar-refractivity contribution is 0.685. The highest BCUT2D eigenvalue weighted by molar-refractivity contribution is 7.25. The van der Waals surface area contributed by atoms with Crippen molar-refractivity contribution in [1.82, 2.24) is 9.13 Å². The van der Waals surface area contributed by atoms with E-state index in [9.17, 15) is 5.26 Å². The van der Waals surface area contributed by atoms with Gasteiger partial charge < -0.3 is 14.9 Å². The third-order valence-electron chi connectivity index (χ3n) is 5.86. The minimum atomic E-state index is 0.212. The van der Waals surface area contributed by atoms with Gasteiger partial charge in [0.1, 0.15) is 11.8 Å². The van der Waals surface area contributed by atoms with E-state index >= 15 is 0 Å². The van der Waals surface area contributed by atoms with Gasteiger partial charge >= 0.3 is 0 Å². The number of thiophene rings is 2. The second-order valence-electron chi connectivity index (χ2n) is 8.57. The van der Waals surface area contributed by atoms with Crippen LogP contribution in [0.4, 0.5) is 0 Å². The normalized spacial score (nSPS) is 12.0. The predicted octanol–water partition coefficient (Wildman–Crippen LogP) is 7.98. The first-order chi connectivity index (χ1) is 17.5. The second-order valence-corrected chi connectivity index (χ2v) is 10.7. The maximum Gasteiger partial charge on any atom is 0.117 e. The smallest absolute Gasteiger partial charge is 0.117 e. The van der Waals surface area contributed by atoms with Gasteiger partial charge in [0.25, 0.3) is 0 Å². The largest absolute Gasteiger partial charge is 0.390 e. The topological polar surface area (TPSA) is 83.5 Å². The molecule has 4 aromatic heterocycles. The molecule has 4 aromatic rings. The van der Waals surface area contributed by atoms with Gasteiger partial charge in [-0.3, -0.25) is 0 Å². The fraction of sp³-hybridized carbons (Fsp3) is 0.241. The zero-order chi connectivity index (χ0) is 25.7. The molecule has 0 aliphatic heterocycles. The van der Waals surface area contributed by atoms with Gasteiger partial charge in [0.15, 0.2) is 0 Å². The van der Waals surface area contributed by atoms with E-state index in [1.807, 2.05) is 25.1 Å². The Balaban J connectivity index is 1.67. The van der Waals surface area contributed by atoms with Crippen molar-refractivity contribution in [1.29, 1.82) is 10.5 Å². The van der Waals surface area contributed by atoms with Crippen LogP contribution in [0.25, 0.3) is 43.0 Å². The summed E-state index contributed by atoms with van der Waals surface area (Å²) < 4.78 is 4.53. The Labute approximate surface area is 220 Å². The predicted molar refractivity (Wildman–Crippen MR) is 152 cm³/mol. The summed E-state index contributed by atoms with van der Waals surface area (Å²) in [5, 5.41) is 18.3. The van der Waals surface area contributed by atoms with Crippen molar-refractivity contribution in [3.63, 3.8) is 0 Å². The van der Waals surface area contributed by atoms with Crippen molar-refractivity contribution >= 4 is 34.8 Å². The Morgan fingerprint density at radius 1 is 0.750 bits per heavy atom. The zero-order valence-corrected chi connectivity index (χ0v) is 22.4. The summed E-state index contributed by atoms with van der Waals surface area (Å²) in [6.45, 7) is 7.93. The number of hydrogen-bond donors (Lipinski definition) is 1. The van der Waals surface area contributed by atoms with Gasteiger partial charge in [0.2, 0.25) is 0 Å². The first kappa shape index (κ1) is 25.3. The van der Waals surface area contributed by atoms with Crippen LogP contribution in [-0.4, -0.2) is 9.13 Å². The van der Waals surface area contributed by atoms with E-state index in [1.165, 1.54) is 25.2 Å². The van der Waals surface area contributed by atoms with Gasteiger partial charge in [-0.25, -0.2) is 0 Å². The number of nitrogens with zero attached hydrogens (tertiary/aromatic N) is 4. The van der Waals surface area contributed by atoms with E-state index < -0.39 is 0 Å². The molecule has 0 aromatic carbocycles. The minimum Gasteiger partial charge on any atom is -0.390 e. The minimum absolute atomic E-state index is 0.212. The molecule has 0 bridgehead atoms. The Bertz CT molecular complexity index is 1390. The van der Waals surface area contributed by atoms with Gasteiger partial charge in [0.05, 0.1) is 27.2 Å². The van der Waals surface area contributed by atoms with Gasteiger partial charge in [-0.05, 0) is 80.4 Å². The molecule has 2 N–H and O–H groups in total. The fourth-order valence-corrected chi connectivity index (χ4v) is 6.43. The number of allylic oxidation sites excluding steroid dienone is 2. The molecule has 5 nitrogen and oxygen atoms in total. The lowest BCUT2D eigenvalue weighted by atomic mass is 10.2. The van der Waals surface area contributed by atoms with Crippen LogP contribution >= 0.6 is 22.7 Å². The summed E-state index contributed by atoms with van der Waals surface area (Å²) in [4.78, 5) is 4.88. The first-order valence-electron chi connectivity index (χ1n) is 12.0. The van der Waals surface area contributed by atoms with Crippen LogP contribution in [0.2, 0.25) is 0 Å². The maximum absolute atomic E-state index is 9.21. The van der Waals surface area contributed by atoms with Crippen LogP contribution in [0, 0.1) is 22.7 Å². The number of hydrogen-bond acceptors (Lipinski definition) is 5. The standard InChI is InChI=1S/C29H29N5S2/c1-4-14-33-22(16-20(3)18-30)6-8-24(33)26-10-12-28(35-26)29-13-11-27(36-29)25-9-7-23(17-21(32)19-31)34(25)15-5-2/h6-13,16-17H,4-5,14-15,32H2,1-3H3/b20-16-,21-17+. The lowest BCUT2D eigenvalue weighted by Crippen LogP contribution is -2.02. The Morgan fingerprint density at radius 2 is 1.22 bits per heavy atom. The molecule has 0 fully saturated rings. The van der Waals surface area contributed by atoms with Crippen LogP contribution in [0.1, 0.15) is 45.0 Å². The Kier molecular flexibility index (Phi) is 7.95. The maximum atomic E-state index is 9.21. The van der Waals surface area contributed by atoms with Crippen molar-refractivity contribution in [3.8, 4) is 43.0 Å². The Hall–Kier alpha value is -3.78. The molecule has 0 unspecified atom stereocenters. The molecule has 182 valence electrons. The lowest BCUT2D eigenvalue weighted by Gasteiger charge is -2.10. The molecule has 0 spiro atoms. The van der Waals surface area contributed by atoms with Crippen LogP contribution < -0.4 is 5.73 Å². The molecule has 0 amide bonds. The molecular formula is C29H29N5S2. The number of rotatable bonds is 9.